The molecule has 0 amide bonds. The first-order chi connectivity index (χ1) is 9.66. The number of aromatic nitrogens is 1. The average Bonchev–Trinajstić information content (AvgIpc) is 2.46. The van der Waals surface area contributed by atoms with Crippen molar-refractivity contribution in [3.05, 3.63) is 76.4 Å². The van der Waals surface area contributed by atoms with Crippen LogP contribution in [-0.4, -0.2) is 4.98 Å². The molecule has 1 unspecified atom stereocenters. The van der Waals surface area contributed by atoms with E-state index < -0.39 is 0 Å². The number of halogens is 1. The molecule has 0 radical (unpaired) electrons. The standard InChI is InChI=1S/C17H15ClN2/c1-11-7-8-14(15(18)10-11)17(19)13-4-2-6-16-12(13)5-3-9-20-16/h2-10,17H,19H2,1H3. The Labute approximate surface area is 123 Å². The molecule has 2 nitrogen and oxygen atoms in total. The Kier molecular flexibility index (Phi) is 3.43. The van der Waals surface area contributed by atoms with E-state index in [1.807, 2.05) is 55.5 Å². The van der Waals surface area contributed by atoms with Gasteiger partial charge in [-0.1, -0.05) is 41.9 Å². The van der Waals surface area contributed by atoms with Crippen LogP contribution in [0.1, 0.15) is 22.7 Å². The summed E-state index contributed by atoms with van der Waals surface area (Å²) in [6, 6.07) is 15.7. The third-order valence-electron chi connectivity index (χ3n) is 3.51. The molecule has 1 atom stereocenters. The minimum Gasteiger partial charge on any atom is -0.320 e. The van der Waals surface area contributed by atoms with Crippen molar-refractivity contribution >= 4 is 22.5 Å². The summed E-state index contributed by atoms with van der Waals surface area (Å²) < 4.78 is 0. The summed E-state index contributed by atoms with van der Waals surface area (Å²) in [6.45, 7) is 2.02. The van der Waals surface area contributed by atoms with Crippen molar-refractivity contribution in [2.75, 3.05) is 0 Å². The van der Waals surface area contributed by atoms with E-state index in [1.54, 1.807) is 6.20 Å². The first-order valence-corrected chi connectivity index (χ1v) is 6.90. The van der Waals surface area contributed by atoms with Gasteiger partial charge in [0.1, 0.15) is 0 Å². The summed E-state index contributed by atoms with van der Waals surface area (Å²) in [6.07, 6.45) is 1.79. The van der Waals surface area contributed by atoms with Crippen LogP contribution < -0.4 is 5.73 Å². The van der Waals surface area contributed by atoms with Crippen molar-refractivity contribution in [2.45, 2.75) is 13.0 Å². The van der Waals surface area contributed by atoms with Crippen molar-refractivity contribution in [2.24, 2.45) is 5.73 Å². The van der Waals surface area contributed by atoms with Gasteiger partial charge in [0.25, 0.3) is 0 Å². The number of hydrogen-bond acceptors (Lipinski definition) is 2. The highest BCUT2D eigenvalue weighted by Gasteiger charge is 2.15. The van der Waals surface area contributed by atoms with E-state index in [0.717, 1.165) is 27.6 Å². The van der Waals surface area contributed by atoms with Gasteiger partial charge in [-0.3, -0.25) is 4.98 Å². The smallest absolute Gasteiger partial charge is 0.0705 e. The highest BCUT2D eigenvalue weighted by Crippen LogP contribution is 2.30. The van der Waals surface area contributed by atoms with E-state index >= 15 is 0 Å². The summed E-state index contributed by atoms with van der Waals surface area (Å²) in [5.74, 6) is 0. The van der Waals surface area contributed by atoms with Crippen LogP contribution in [0.3, 0.4) is 0 Å². The van der Waals surface area contributed by atoms with Crippen LogP contribution in [0.5, 0.6) is 0 Å². The normalized spacial score (nSPS) is 12.6. The Bertz CT molecular complexity index is 763. The second kappa shape index (κ2) is 5.23. The molecule has 3 rings (SSSR count). The zero-order valence-corrected chi connectivity index (χ0v) is 11.9. The van der Waals surface area contributed by atoms with Gasteiger partial charge >= 0.3 is 0 Å². The molecule has 0 aliphatic carbocycles. The van der Waals surface area contributed by atoms with E-state index in [9.17, 15) is 0 Å². The molecule has 0 saturated carbocycles. The maximum Gasteiger partial charge on any atom is 0.0705 e. The Hall–Kier alpha value is -1.90. The second-order valence-corrected chi connectivity index (χ2v) is 5.33. The lowest BCUT2D eigenvalue weighted by Crippen LogP contribution is -2.13. The number of hydrogen-bond donors (Lipinski definition) is 1. The van der Waals surface area contributed by atoms with Gasteiger partial charge in [-0.15, -0.1) is 0 Å². The summed E-state index contributed by atoms with van der Waals surface area (Å²) in [5.41, 5.74) is 10.5. The molecule has 2 aromatic carbocycles. The summed E-state index contributed by atoms with van der Waals surface area (Å²) in [5, 5.41) is 1.78. The number of fused-ring (bicyclic) bond motifs is 1. The zero-order chi connectivity index (χ0) is 14.1. The third kappa shape index (κ3) is 2.28. The monoisotopic (exact) mass is 282 g/mol. The summed E-state index contributed by atoms with van der Waals surface area (Å²) >= 11 is 6.33. The number of pyridine rings is 1. The molecular formula is C17H15ClN2. The van der Waals surface area contributed by atoms with Crippen LogP contribution in [0, 0.1) is 6.92 Å². The van der Waals surface area contributed by atoms with Gasteiger partial charge in [0.2, 0.25) is 0 Å². The van der Waals surface area contributed by atoms with Crippen molar-refractivity contribution in [1.82, 2.24) is 4.98 Å². The highest BCUT2D eigenvalue weighted by molar-refractivity contribution is 6.31. The van der Waals surface area contributed by atoms with Crippen molar-refractivity contribution in [1.29, 1.82) is 0 Å². The van der Waals surface area contributed by atoms with E-state index in [-0.39, 0.29) is 6.04 Å². The van der Waals surface area contributed by atoms with E-state index in [4.69, 9.17) is 17.3 Å². The fourth-order valence-corrected chi connectivity index (χ4v) is 2.80. The summed E-state index contributed by atoms with van der Waals surface area (Å²) in [4.78, 5) is 4.37. The predicted octanol–water partition coefficient (Wildman–Crippen LogP) is 4.24. The number of aryl methyl sites for hydroxylation is 1. The van der Waals surface area contributed by atoms with Crippen LogP contribution in [0.15, 0.2) is 54.7 Å². The lowest BCUT2D eigenvalue weighted by Gasteiger charge is -2.16. The molecule has 0 spiro atoms. The molecule has 3 aromatic rings. The first kappa shape index (κ1) is 13.1. The Morgan fingerprint density at radius 1 is 1.05 bits per heavy atom. The van der Waals surface area contributed by atoms with E-state index in [0.29, 0.717) is 5.02 Å². The minimum absolute atomic E-state index is 0.254. The predicted molar refractivity (Wildman–Crippen MR) is 84.0 cm³/mol. The molecule has 0 fully saturated rings. The molecule has 1 aromatic heterocycles. The molecule has 3 heteroatoms. The largest absolute Gasteiger partial charge is 0.320 e. The molecule has 20 heavy (non-hydrogen) atoms. The van der Waals surface area contributed by atoms with Gasteiger partial charge in [0.05, 0.1) is 11.6 Å². The zero-order valence-electron chi connectivity index (χ0n) is 11.2. The molecule has 0 aliphatic rings. The van der Waals surface area contributed by atoms with E-state index in [2.05, 4.69) is 4.98 Å². The Morgan fingerprint density at radius 3 is 2.70 bits per heavy atom. The number of nitrogens with two attached hydrogens (primary N) is 1. The second-order valence-electron chi connectivity index (χ2n) is 4.92. The fraction of sp³-hybridized carbons (Fsp3) is 0.118. The molecule has 2 N–H and O–H groups in total. The van der Waals surface area contributed by atoms with Crippen LogP contribution >= 0.6 is 11.6 Å². The van der Waals surface area contributed by atoms with Crippen molar-refractivity contribution in [3.8, 4) is 0 Å². The molecule has 0 saturated heterocycles. The quantitative estimate of drug-likeness (QED) is 0.763. The van der Waals surface area contributed by atoms with Crippen LogP contribution in [0.2, 0.25) is 5.02 Å². The van der Waals surface area contributed by atoms with Crippen LogP contribution in [0.25, 0.3) is 10.9 Å². The molecule has 1 heterocycles. The fourth-order valence-electron chi connectivity index (χ4n) is 2.45. The van der Waals surface area contributed by atoms with Gasteiger partial charge in [0.15, 0.2) is 0 Å². The number of nitrogens with zero attached hydrogens (tertiary/aromatic N) is 1. The molecular weight excluding hydrogens is 268 g/mol. The van der Waals surface area contributed by atoms with Gasteiger partial charge in [-0.05, 0) is 41.8 Å². The number of rotatable bonds is 2. The Morgan fingerprint density at radius 2 is 1.90 bits per heavy atom. The minimum atomic E-state index is -0.254. The maximum atomic E-state index is 6.42. The maximum absolute atomic E-state index is 6.42. The Balaban J connectivity index is 2.15. The highest BCUT2D eigenvalue weighted by atomic mass is 35.5. The molecule has 0 bridgehead atoms. The van der Waals surface area contributed by atoms with Crippen molar-refractivity contribution in [3.63, 3.8) is 0 Å². The van der Waals surface area contributed by atoms with Crippen molar-refractivity contribution < 1.29 is 0 Å². The van der Waals surface area contributed by atoms with Crippen LogP contribution in [-0.2, 0) is 0 Å². The average molecular weight is 283 g/mol. The SMILES string of the molecule is Cc1ccc(C(N)c2cccc3ncccc23)c(Cl)c1. The van der Waals surface area contributed by atoms with Gasteiger partial charge < -0.3 is 5.73 Å². The molecule has 100 valence electrons. The summed E-state index contributed by atoms with van der Waals surface area (Å²) in [7, 11) is 0. The van der Waals surface area contributed by atoms with E-state index in [1.165, 1.54) is 0 Å². The van der Waals surface area contributed by atoms with Crippen LogP contribution in [0.4, 0.5) is 0 Å². The number of benzene rings is 2. The lowest BCUT2D eigenvalue weighted by atomic mass is 9.95. The first-order valence-electron chi connectivity index (χ1n) is 6.52. The van der Waals surface area contributed by atoms with Gasteiger partial charge in [-0.2, -0.15) is 0 Å². The van der Waals surface area contributed by atoms with Gasteiger partial charge in [-0.25, -0.2) is 0 Å². The topological polar surface area (TPSA) is 38.9 Å². The van der Waals surface area contributed by atoms with Gasteiger partial charge in [0, 0.05) is 16.6 Å². The lowest BCUT2D eigenvalue weighted by molar-refractivity contribution is 0.880. The molecule has 0 aliphatic heterocycles. The third-order valence-corrected chi connectivity index (χ3v) is 3.83.